The van der Waals surface area contributed by atoms with Crippen molar-refractivity contribution in [2.75, 3.05) is 49.1 Å². The Morgan fingerprint density at radius 1 is 0.979 bits per heavy atom. The molecule has 0 unspecified atom stereocenters. The van der Waals surface area contributed by atoms with Crippen molar-refractivity contribution in [3.8, 4) is 5.69 Å². The summed E-state index contributed by atoms with van der Waals surface area (Å²) in [4.78, 5) is 60.5. The number of benzene rings is 2. The van der Waals surface area contributed by atoms with E-state index in [1.54, 1.807) is 43.9 Å². The van der Waals surface area contributed by atoms with Crippen LogP contribution in [0.25, 0.3) is 5.69 Å². The van der Waals surface area contributed by atoms with Crippen LogP contribution in [0, 0.1) is 5.92 Å². The molecule has 15 heteroatoms. The molecule has 1 atom stereocenters. The Bertz CT molecular complexity index is 1670. The number of aliphatic hydroxyl groups is 1. The van der Waals surface area contributed by atoms with Gasteiger partial charge in [-0.15, -0.1) is 5.10 Å². The zero-order chi connectivity index (χ0) is 34.2. The first-order valence-electron chi connectivity index (χ1n) is 16.0. The summed E-state index contributed by atoms with van der Waals surface area (Å²) in [6, 6.07) is 11.5. The molecule has 2 aliphatic heterocycles. The summed E-state index contributed by atoms with van der Waals surface area (Å²) >= 11 is 6.27. The fourth-order valence-electron chi connectivity index (χ4n) is 6.50. The molecule has 2 saturated heterocycles. The third-order valence-corrected chi connectivity index (χ3v) is 9.28. The van der Waals surface area contributed by atoms with E-state index in [0.717, 1.165) is 30.6 Å². The highest BCUT2D eigenvalue weighted by Crippen LogP contribution is 2.33. The van der Waals surface area contributed by atoms with Crippen LogP contribution >= 0.6 is 11.6 Å². The fraction of sp³-hybridized carbons (Fsp3) is 0.485. The number of aromatic nitrogens is 4. The smallest absolute Gasteiger partial charge is 0.329 e. The molecule has 3 amide bonds. The van der Waals surface area contributed by atoms with Gasteiger partial charge in [-0.1, -0.05) is 23.7 Å². The van der Waals surface area contributed by atoms with Crippen LogP contribution in [-0.2, 0) is 30.3 Å². The Balaban J connectivity index is 1.17. The predicted octanol–water partition coefficient (Wildman–Crippen LogP) is 1.86. The third kappa shape index (κ3) is 7.05. The first-order chi connectivity index (χ1) is 22.9. The van der Waals surface area contributed by atoms with Crippen LogP contribution in [0.4, 0.5) is 11.4 Å². The highest BCUT2D eigenvalue weighted by Gasteiger charge is 2.42. The molecular weight excluding hydrogens is 640 g/mol. The second kappa shape index (κ2) is 13.6. The van der Waals surface area contributed by atoms with Gasteiger partial charge in [0.1, 0.15) is 18.0 Å². The molecule has 254 valence electrons. The maximum Gasteiger partial charge on any atom is 0.329 e. The van der Waals surface area contributed by atoms with Gasteiger partial charge < -0.3 is 24.5 Å². The quantitative estimate of drug-likeness (QED) is 0.262. The lowest BCUT2D eigenvalue weighted by molar-refractivity contribution is -0.166. The van der Waals surface area contributed by atoms with Gasteiger partial charge in [-0.3, -0.25) is 19.3 Å². The summed E-state index contributed by atoms with van der Waals surface area (Å²) in [5.41, 5.74) is 1.48. The van der Waals surface area contributed by atoms with Crippen molar-refractivity contribution < 1.29 is 29.0 Å². The molecule has 3 heterocycles. The number of hydrogen-bond donors (Lipinski definition) is 1. The van der Waals surface area contributed by atoms with Crippen LogP contribution in [0.3, 0.4) is 0 Å². The molecule has 3 aliphatic rings. The Morgan fingerprint density at radius 3 is 2.35 bits per heavy atom. The minimum absolute atomic E-state index is 0.0120. The first kappa shape index (κ1) is 33.5. The summed E-state index contributed by atoms with van der Waals surface area (Å²) in [6.07, 6.45) is 3.32. The largest absolute Gasteiger partial charge is 0.458 e. The fourth-order valence-corrected chi connectivity index (χ4v) is 6.67. The lowest BCUT2D eigenvalue weighted by atomic mass is 9.79. The normalized spacial score (nSPS) is 21.4. The minimum Gasteiger partial charge on any atom is -0.458 e. The molecule has 1 aromatic heterocycles. The van der Waals surface area contributed by atoms with E-state index >= 15 is 0 Å². The van der Waals surface area contributed by atoms with Gasteiger partial charge in [0.25, 0.3) is 0 Å². The Morgan fingerprint density at radius 2 is 1.71 bits per heavy atom. The summed E-state index contributed by atoms with van der Waals surface area (Å²) in [5, 5.41) is 20.9. The summed E-state index contributed by atoms with van der Waals surface area (Å²) in [6.45, 7) is 7.23. The standard InChI is InChI=1S/C33H39ClN8O6/c1-33(2,3)48-32(47)28(16-21-4-7-24(8-5-21)39-11-10-38(18-29(39)44)25-14-22(15-25)19-43)41-13-12-40(30(45)31(41)46)27-17-23(34)6-9-26(27)42-20-35-36-37-42/h4-9,17,20,22,25,28,43H,10-16,18-19H2,1-3H3/t22?,25?,28-/m0/s1. The van der Waals surface area contributed by atoms with Crippen molar-refractivity contribution in [1.29, 1.82) is 0 Å². The monoisotopic (exact) mass is 678 g/mol. The minimum atomic E-state index is -1.07. The number of aliphatic hydroxyl groups excluding tert-OH is 1. The van der Waals surface area contributed by atoms with Crippen LogP contribution < -0.4 is 9.80 Å². The van der Waals surface area contributed by atoms with Gasteiger partial charge in [0, 0.05) is 56.0 Å². The average molecular weight is 679 g/mol. The predicted molar refractivity (Wildman–Crippen MR) is 176 cm³/mol. The number of ether oxygens (including phenoxy) is 1. The van der Waals surface area contributed by atoms with Crippen molar-refractivity contribution >= 4 is 46.7 Å². The van der Waals surface area contributed by atoms with Crippen LogP contribution in [0.5, 0.6) is 0 Å². The summed E-state index contributed by atoms with van der Waals surface area (Å²) < 4.78 is 7.10. The zero-order valence-corrected chi connectivity index (χ0v) is 27.9. The molecule has 1 N–H and O–H groups in total. The molecule has 3 fully saturated rings. The summed E-state index contributed by atoms with van der Waals surface area (Å²) in [7, 11) is 0. The Hall–Kier alpha value is -4.40. The van der Waals surface area contributed by atoms with Crippen molar-refractivity contribution in [2.24, 2.45) is 5.92 Å². The number of rotatable bonds is 9. The number of anilines is 2. The van der Waals surface area contributed by atoms with Crippen molar-refractivity contribution in [1.82, 2.24) is 30.0 Å². The number of amides is 3. The van der Waals surface area contributed by atoms with Crippen molar-refractivity contribution in [2.45, 2.75) is 57.7 Å². The van der Waals surface area contributed by atoms with E-state index in [0.29, 0.717) is 41.4 Å². The molecule has 48 heavy (non-hydrogen) atoms. The molecule has 1 aliphatic carbocycles. The molecule has 2 aromatic carbocycles. The number of piperazine rings is 2. The van der Waals surface area contributed by atoms with Crippen LogP contribution in [0.2, 0.25) is 5.02 Å². The van der Waals surface area contributed by atoms with Gasteiger partial charge >= 0.3 is 17.8 Å². The van der Waals surface area contributed by atoms with Gasteiger partial charge in [-0.05, 0) is 85.9 Å². The molecular formula is C33H39ClN8O6. The number of tetrazole rings is 1. The van der Waals surface area contributed by atoms with Gasteiger partial charge in [0.05, 0.1) is 17.9 Å². The van der Waals surface area contributed by atoms with Gasteiger partial charge in [-0.2, -0.15) is 4.68 Å². The van der Waals surface area contributed by atoms with E-state index in [1.807, 2.05) is 24.3 Å². The average Bonchev–Trinajstić information content (AvgIpc) is 3.56. The Labute approximate surface area is 283 Å². The maximum absolute atomic E-state index is 13.7. The number of hydrogen-bond acceptors (Lipinski definition) is 10. The zero-order valence-electron chi connectivity index (χ0n) is 27.2. The van der Waals surface area contributed by atoms with E-state index in [-0.39, 0.29) is 32.0 Å². The molecule has 0 bridgehead atoms. The number of carbonyl (C=O) groups is 4. The van der Waals surface area contributed by atoms with Gasteiger partial charge in [-0.25, -0.2) is 4.79 Å². The van der Waals surface area contributed by atoms with E-state index in [9.17, 15) is 24.3 Å². The van der Waals surface area contributed by atoms with Crippen molar-refractivity contribution in [3.05, 3.63) is 59.4 Å². The summed E-state index contributed by atoms with van der Waals surface area (Å²) in [5.74, 6) is -1.96. The number of halogens is 1. The van der Waals surface area contributed by atoms with Crippen LogP contribution in [-0.4, -0.2) is 116 Å². The Kier molecular flexibility index (Phi) is 9.50. The van der Waals surface area contributed by atoms with Crippen molar-refractivity contribution in [3.63, 3.8) is 0 Å². The third-order valence-electron chi connectivity index (χ3n) is 9.05. The molecule has 14 nitrogen and oxygen atoms in total. The maximum atomic E-state index is 13.7. The van der Waals surface area contributed by atoms with E-state index in [2.05, 4.69) is 20.4 Å². The molecule has 0 spiro atoms. The highest BCUT2D eigenvalue weighted by molar-refractivity contribution is 6.41. The van der Waals surface area contributed by atoms with Crippen LogP contribution in [0.1, 0.15) is 39.2 Å². The van der Waals surface area contributed by atoms with E-state index < -0.39 is 29.4 Å². The lowest BCUT2D eigenvalue weighted by Crippen LogP contribution is -2.60. The second-order valence-electron chi connectivity index (χ2n) is 13.5. The van der Waals surface area contributed by atoms with Gasteiger partial charge in [0.2, 0.25) is 5.91 Å². The second-order valence-corrected chi connectivity index (χ2v) is 13.9. The molecule has 3 aromatic rings. The van der Waals surface area contributed by atoms with E-state index in [1.165, 1.54) is 20.8 Å². The molecule has 0 radical (unpaired) electrons. The number of esters is 1. The number of carbonyl (C=O) groups excluding carboxylic acids is 4. The lowest BCUT2D eigenvalue weighted by Gasteiger charge is -2.45. The first-order valence-corrected chi connectivity index (χ1v) is 16.4. The highest BCUT2D eigenvalue weighted by atomic mass is 35.5. The topological polar surface area (TPSA) is 154 Å². The van der Waals surface area contributed by atoms with Crippen LogP contribution in [0.15, 0.2) is 48.8 Å². The molecule has 6 rings (SSSR count). The van der Waals surface area contributed by atoms with E-state index in [4.69, 9.17) is 16.3 Å². The SMILES string of the molecule is CC(C)(C)OC(=O)[C@H](Cc1ccc(N2CCN(C3CC(CO)C3)CC2=O)cc1)N1CCN(c2cc(Cl)ccc2-n2cnnn2)C(=O)C1=O. The number of nitrogens with zero attached hydrogens (tertiary/aromatic N) is 8. The van der Waals surface area contributed by atoms with Gasteiger partial charge in [0.15, 0.2) is 0 Å². The molecule has 1 saturated carbocycles.